The summed E-state index contributed by atoms with van der Waals surface area (Å²) in [6.45, 7) is 0.161. The van der Waals surface area contributed by atoms with Crippen molar-refractivity contribution < 1.29 is 9.90 Å². The number of aromatic nitrogens is 5. The molecule has 1 spiro atoms. The summed E-state index contributed by atoms with van der Waals surface area (Å²) in [7, 11) is 0. The van der Waals surface area contributed by atoms with Crippen molar-refractivity contribution in [2.45, 2.75) is 44.1 Å². The smallest absolute Gasteiger partial charge is 0.290 e. The molecule has 168 valence electrons. The second kappa shape index (κ2) is 8.16. The summed E-state index contributed by atoms with van der Waals surface area (Å²) >= 11 is 0. The second-order valence-corrected chi connectivity index (χ2v) is 8.67. The third-order valence-electron chi connectivity index (χ3n) is 6.81. The Morgan fingerprint density at radius 3 is 2.52 bits per heavy atom. The number of rotatable bonds is 2. The molecule has 2 heterocycles. The number of fused-ring (bicyclic) bond motifs is 6. The fourth-order valence-corrected chi connectivity index (χ4v) is 5.44. The molecule has 4 aromatic rings. The number of nitrogen functional groups attached to an aromatic ring is 1. The summed E-state index contributed by atoms with van der Waals surface area (Å²) in [5.41, 5.74) is 11.5. The quantitative estimate of drug-likeness (QED) is 0.359. The zero-order valence-corrected chi connectivity index (χ0v) is 18.0. The number of nitrogens with zero attached hydrogens (tertiary/aromatic N) is 5. The van der Waals surface area contributed by atoms with Crippen LogP contribution in [0.2, 0.25) is 0 Å². The Hall–Kier alpha value is -4.01. The highest BCUT2D eigenvalue weighted by Gasteiger charge is 2.45. The maximum atomic E-state index is 14.0. The molecular formula is C24H24N6O3. The molecule has 1 fully saturated rings. The summed E-state index contributed by atoms with van der Waals surface area (Å²) in [5.74, 6) is 0.473. The van der Waals surface area contributed by atoms with Crippen LogP contribution in [-0.4, -0.2) is 36.2 Å². The SMILES string of the molecule is Nc1ccc(Cn2c(=O)c3c(n4nnnc24)-c2ccccc2CC32CCCC2)cc1.O=CO. The molecule has 0 unspecified atom stereocenters. The maximum absolute atomic E-state index is 14.0. The van der Waals surface area contributed by atoms with Crippen molar-refractivity contribution in [1.29, 1.82) is 0 Å². The van der Waals surface area contributed by atoms with Gasteiger partial charge in [0.15, 0.2) is 0 Å². The van der Waals surface area contributed by atoms with Crippen molar-refractivity contribution >= 4 is 17.9 Å². The summed E-state index contributed by atoms with van der Waals surface area (Å²) < 4.78 is 3.49. The third kappa shape index (κ3) is 3.36. The second-order valence-electron chi connectivity index (χ2n) is 8.67. The molecule has 2 aromatic carbocycles. The van der Waals surface area contributed by atoms with Crippen molar-refractivity contribution in [3.05, 3.63) is 75.6 Å². The van der Waals surface area contributed by atoms with Crippen molar-refractivity contribution in [3.63, 3.8) is 0 Å². The molecular weight excluding hydrogens is 420 g/mol. The van der Waals surface area contributed by atoms with E-state index >= 15 is 0 Å². The summed E-state index contributed by atoms with van der Waals surface area (Å²) in [6, 6.07) is 16.0. The van der Waals surface area contributed by atoms with E-state index in [0.29, 0.717) is 18.0 Å². The first-order valence-corrected chi connectivity index (χ1v) is 10.9. The van der Waals surface area contributed by atoms with Gasteiger partial charge >= 0.3 is 0 Å². The minimum atomic E-state index is -0.250. The van der Waals surface area contributed by atoms with E-state index in [0.717, 1.165) is 54.5 Å². The molecule has 0 aliphatic heterocycles. The van der Waals surface area contributed by atoms with E-state index < -0.39 is 0 Å². The average molecular weight is 444 g/mol. The Morgan fingerprint density at radius 1 is 1.09 bits per heavy atom. The Balaban J connectivity index is 0.000000724. The number of hydrogen-bond donors (Lipinski definition) is 2. The van der Waals surface area contributed by atoms with E-state index in [4.69, 9.17) is 15.6 Å². The van der Waals surface area contributed by atoms with Gasteiger partial charge in [-0.25, -0.2) is 0 Å². The molecule has 3 N–H and O–H groups in total. The van der Waals surface area contributed by atoms with Gasteiger partial charge in [-0.05, 0) is 52.9 Å². The summed E-state index contributed by atoms with van der Waals surface area (Å²) in [5, 5.41) is 19.4. The highest BCUT2D eigenvalue weighted by atomic mass is 16.3. The lowest BCUT2D eigenvalue weighted by atomic mass is 9.68. The van der Waals surface area contributed by atoms with Crippen LogP contribution in [0.15, 0.2) is 53.3 Å². The molecule has 0 bridgehead atoms. The largest absolute Gasteiger partial charge is 0.483 e. The zero-order chi connectivity index (χ0) is 23.0. The number of carboxylic acid groups (broad SMARTS) is 1. The molecule has 2 aliphatic rings. The summed E-state index contributed by atoms with van der Waals surface area (Å²) in [6.07, 6.45) is 5.25. The Morgan fingerprint density at radius 2 is 1.79 bits per heavy atom. The van der Waals surface area contributed by atoms with Crippen LogP contribution in [0.25, 0.3) is 17.0 Å². The first-order valence-electron chi connectivity index (χ1n) is 10.9. The monoisotopic (exact) mass is 444 g/mol. The first-order chi connectivity index (χ1) is 16.1. The van der Waals surface area contributed by atoms with Crippen LogP contribution in [-0.2, 0) is 23.2 Å². The fraction of sp³-hybridized carbons (Fsp3) is 0.292. The van der Waals surface area contributed by atoms with E-state index in [-0.39, 0.29) is 17.4 Å². The van der Waals surface area contributed by atoms with E-state index in [2.05, 4.69) is 33.7 Å². The number of tetrazole rings is 1. The van der Waals surface area contributed by atoms with E-state index in [1.54, 1.807) is 9.08 Å². The molecule has 2 aromatic heterocycles. The lowest BCUT2D eigenvalue weighted by Gasteiger charge is -2.36. The Labute approximate surface area is 189 Å². The predicted octanol–water partition coefficient (Wildman–Crippen LogP) is 2.65. The van der Waals surface area contributed by atoms with Crippen LogP contribution < -0.4 is 11.3 Å². The van der Waals surface area contributed by atoms with Gasteiger partial charge in [0, 0.05) is 16.7 Å². The average Bonchev–Trinajstić information content (AvgIpc) is 3.48. The highest BCUT2D eigenvalue weighted by Crippen LogP contribution is 2.50. The molecule has 0 saturated heterocycles. The molecule has 1 saturated carbocycles. The minimum Gasteiger partial charge on any atom is -0.483 e. The molecule has 2 aliphatic carbocycles. The molecule has 6 rings (SSSR count). The number of nitrogens with two attached hydrogens (primary N) is 1. The van der Waals surface area contributed by atoms with Gasteiger partial charge in [-0.1, -0.05) is 54.3 Å². The molecule has 0 radical (unpaired) electrons. The molecule has 9 nitrogen and oxygen atoms in total. The topological polar surface area (TPSA) is 128 Å². The number of carbonyl (C=O) groups is 1. The third-order valence-corrected chi connectivity index (χ3v) is 6.81. The molecule has 0 atom stereocenters. The number of hydrogen-bond acceptors (Lipinski definition) is 6. The van der Waals surface area contributed by atoms with Crippen LogP contribution in [0.3, 0.4) is 0 Å². The van der Waals surface area contributed by atoms with Gasteiger partial charge in [0.05, 0.1) is 17.8 Å². The lowest BCUT2D eigenvalue weighted by Crippen LogP contribution is -2.41. The van der Waals surface area contributed by atoms with Crippen LogP contribution in [0, 0.1) is 0 Å². The van der Waals surface area contributed by atoms with Gasteiger partial charge in [-0.2, -0.15) is 4.52 Å². The van der Waals surface area contributed by atoms with Crippen LogP contribution in [0.4, 0.5) is 5.69 Å². The standard InChI is InChI=1S/C23H22N6O.CH2O2/c24-17-9-7-15(8-10-17)14-28-21(30)19-20(29-22(28)25-26-27-29)18-6-2-1-5-16(18)13-23(19)11-3-4-12-23;2-1-3/h1-2,5-10H,3-4,11-14,24H2;1H,(H,2,3). The van der Waals surface area contributed by atoms with Crippen molar-refractivity contribution in [2.24, 2.45) is 0 Å². The number of anilines is 1. The van der Waals surface area contributed by atoms with Gasteiger partial charge < -0.3 is 10.8 Å². The highest BCUT2D eigenvalue weighted by molar-refractivity contribution is 5.73. The van der Waals surface area contributed by atoms with Crippen molar-refractivity contribution in [1.82, 2.24) is 24.6 Å². The first kappa shape index (κ1) is 20.9. The Kier molecular flexibility index (Phi) is 5.16. The van der Waals surface area contributed by atoms with Gasteiger partial charge in [-0.15, -0.1) is 0 Å². The maximum Gasteiger partial charge on any atom is 0.290 e. The summed E-state index contributed by atoms with van der Waals surface area (Å²) in [4.78, 5) is 22.4. The lowest BCUT2D eigenvalue weighted by molar-refractivity contribution is -0.122. The van der Waals surface area contributed by atoms with Gasteiger partial charge in [0.2, 0.25) is 0 Å². The van der Waals surface area contributed by atoms with E-state index in [1.807, 2.05) is 30.3 Å². The molecule has 33 heavy (non-hydrogen) atoms. The number of benzene rings is 2. The van der Waals surface area contributed by atoms with Crippen molar-refractivity contribution in [3.8, 4) is 11.3 Å². The van der Waals surface area contributed by atoms with Gasteiger partial charge in [0.1, 0.15) is 0 Å². The Bertz CT molecular complexity index is 1380. The van der Waals surface area contributed by atoms with E-state index in [9.17, 15) is 4.79 Å². The molecule has 9 heteroatoms. The minimum absolute atomic E-state index is 0.0283. The van der Waals surface area contributed by atoms with E-state index in [1.165, 1.54) is 5.56 Å². The molecule has 0 amide bonds. The van der Waals surface area contributed by atoms with Crippen LogP contribution in [0.5, 0.6) is 0 Å². The van der Waals surface area contributed by atoms with Crippen LogP contribution >= 0.6 is 0 Å². The van der Waals surface area contributed by atoms with Crippen molar-refractivity contribution in [2.75, 3.05) is 5.73 Å². The van der Waals surface area contributed by atoms with Gasteiger partial charge in [-0.3, -0.25) is 14.2 Å². The van der Waals surface area contributed by atoms with Crippen LogP contribution in [0.1, 0.15) is 42.4 Å². The zero-order valence-electron chi connectivity index (χ0n) is 18.0. The normalized spacial score (nSPS) is 15.5. The predicted molar refractivity (Wildman–Crippen MR) is 123 cm³/mol. The fourth-order valence-electron chi connectivity index (χ4n) is 5.44. The van der Waals surface area contributed by atoms with Gasteiger partial charge in [0.25, 0.3) is 17.8 Å².